The lowest BCUT2D eigenvalue weighted by Gasteiger charge is -2.20. The van der Waals surface area contributed by atoms with Gasteiger partial charge in [-0.2, -0.15) is 5.12 Å². The Balaban J connectivity index is 1.40. The maximum absolute atomic E-state index is 4.64. The highest BCUT2D eigenvalue weighted by molar-refractivity contribution is 5.98. The number of rotatable bonds is 5. The van der Waals surface area contributed by atoms with Gasteiger partial charge < -0.3 is 0 Å². The van der Waals surface area contributed by atoms with E-state index in [9.17, 15) is 0 Å². The Bertz CT molecular complexity index is 1500. The van der Waals surface area contributed by atoms with Gasteiger partial charge in [0, 0.05) is 10.3 Å². The second-order valence-electron chi connectivity index (χ2n) is 7.78. The third kappa shape index (κ3) is 4.31. The number of para-hydroxylation sites is 4. The lowest BCUT2D eigenvalue weighted by molar-refractivity contribution is -0.649. The number of benzene rings is 4. The number of anilines is 2. The van der Waals surface area contributed by atoms with Crippen LogP contribution in [0.25, 0.3) is 11.4 Å². The van der Waals surface area contributed by atoms with Gasteiger partial charge in [-0.15, -0.1) is 10.6 Å². The molecule has 0 atom stereocenters. The Labute approximate surface area is 207 Å². The van der Waals surface area contributed by atoms with Crippen molar-refractivity contribution >= 4 is 23.3 Å². The first kappa shape index (κ1) is 21.3. The van der Waals surface area contributed by atoms with Crippen molar-refractivity contribution in [1.29, 1.82) is 0 Å². The molecule has 1 N–H and O–H groups in total. The molecule has 0 bridgehead atoms. The van der Waals surface area contributed by atoms with E-state index in [1.165, 1.54) is 4.80 Å². The molecule has 1 aliphatic heterocycles. The molecule has 0 amide bonds. The van der Waals surface area contributed by atoms with E-state index in [-0.39, 0.29) is 0 Å². The van der Waals surface area contributed by atoms with Gasteiger partial charge in [0.15, 0.2) is 0 Å². The first-order valence-electron chi connectivity index (χ1n) is 11.3. The van der Waals surface area contributed by atoms with Crippen molar-refractivity contribution in [3.8, 4) is 11.4 Å². The summed E-state index contributed by atoms with van der Waals surface area (Å²) in [5, 5.41) is 26.2. The van der Waals surface area contributed by atoms with Crippen molar-refractivity contribution in [1.82, 2.24) is 20.6 Å². The van der Waals surface area contributed by atoms with Crippen LogP contribution in [0.15, 0.2) is 137 Å². The zero-order valence-electron chi connectivity index (χ0n) is 19.1. The molecule has 0 aliphatic carbocycles. The van der Waals surface area contributed by atoms with Gasteiger partial charge in [-0.25, -0.2) is 5.01 Å². The fourth-order valence-corrected chi connectivity index (χ4v) is 3.63. The van der Waals surface area contributed by atoms with Crippen LogP contribution < -0.4 is 20.3 Å². The highest BCUT2D eigenvalue weighted by atomic mass is 15.9. The first-order chi connectivity index (χ1) is 17.8. The van der Waals surface area contributed by atoms with E-state index in [0.29, 0.717) is 11.9 Å². The topological polar surface area (TPSA) is 90.2 Å². The van der Waals surface area contributed by atoms with E-state index in [4.69, 9.17) is 0 Å². The van der Waals surface area contributed by atoms with Crippen LogP contribution in [0.5, 0.6) is 0 Å². The number of hydrogen-bond donors (Lipinski definition) is 1. The Morgan fingerprint density at radius 1 is 0.611 bits per heavy atom. The van der Waals surface area contributed by atoms with Gasteiger partial charge in [0.1, 0.15) is 11.4 Å². The average Bonchev–Trinajstić information content (AvgIpc) is 3.59. The van der Waals surface area contributed by atoms with Gasteiger partial charge in [-0.3, -0.25) is 0 Å². The third-order valence-corrected chi connectivity index (χ3v) is 5.36. The molecular formula is C26H21N10+. The van der Waals surface area contributed by atoms with Crippen LogP contribution in [0.4, 0.5) is 17.3 Å². The predicted molar refractivity (Wildman–Crippen MR) is 136 cm³/mol. The zero-order chi connectivity index (χ0) is 24.2. The molecule has 10 heteroatoms. The summed E-state index contributed by atoms with van der Waals surface area (Å²) in [6.07, 6.45) is 0. The molecule has 1 aliphatic rings. The van der Waals surface area contributed by atoms with Crippen molar-refractivity contribution in [3.63, 3.8) is 0 Å². The van der Waals surface area contributed by atoms with Crippen LogP contribution in [0.1, 0.15) is 0 Å². The van der Waals surface area contributed by atoms with Gasteiger partial charge in [0.05, 0.1) is 16.5 Å². The summed E-state index contributed by atoms with van der Waals surface area (Å²) in [6, 6.07) is 38.9. The predicted octanol–water partition coefficient (Wildman–Crippen LogP) is 4.35. The normalized spacial score (nSPS) is 13.4. The van der Waals surface area contributed by atoms with Crippen LogP contribution >= 0.6 is 0 Å². The minimum Gasteiger partial charge on any atom is -0.220 e. The number of nitrogens with zero attached hydrogens (tertiary/aromatic N) is 9. The maximum atomic E-state index is 4.64. The van der Waals surface area contributed by atoms with Crippen molar-refractivity contribution < 1.29 is 4.68 Å². The number of hydrogen-bond acceptors (Lipinski definition) is 8. The van der Waals surface area contributed by atoms with E-state index < -0.39 is 0 Å². The smallest absolute Gasteiger partial charge is 0.220 e. The number of aromatic nitrogens is 4. The minimum atomic E-state index is 0.305. The highest BCUT2D eigenvalue weighted by Crippen LogP contribution is 2.22. The number of nitrogens with one attached hydrogen (secondary N) is 1. The monoisotopic (exact) mass is 473 g/mol. The summed E-state index contributed by atoms with van der Waals surface area (Å²) in [6.45, 7) is 0. The van der Waals surface area contributed by atoms with E-state index >= 15 is 0 Å². The standard InChI is InChI=1S/C26H21N10/c1-5-13-21(14-6-1)33-25(29-35(31-33)23-17-9-3-10-18-23)27-28-26-30-36(24-19-11-4-12-20-24)32-34(26)22-15-7-2-8-16-22/h1-20,31H/q+1/b28-27+. The molecule has 36 heavy (non-hydrogen) atoms. The molecule has 0 saturated heterocycles. The minimum absolute atomic E-state index is 0.305. The van der Waals surface area contributed by atoms with E-state index in [1.807, 2.05) is 121 Å². The fraction of sp³-hybridized carbons (Fsp3) is 0. The molecule has 5 aromatic rings. The van der Waals surface area contributed by atoms with E-state index in [0.717, 1.165) is 22.7 Å². The third-order valence-electron chi connectivity index (χ3n) is 5.36. The molecule has 0 unspecified atom stereocenters. The largest absolute Gasteiger partial charge is 0.461 e. The summed E-state index contributed by atoms with van der Waals surface area (Å²) in [7, 11) is 0. The van der Waals surface area contributed by atoms with Crippen molar-refractivity contribution in [2.45, 2.75) is 0 Å². The van der Waals surface area contributed by atoms with Gasteiger partial charge in [-0.05, 0) is 58.4 Å². The molecule has 2 heterocycles. The number of hydrazine groups is 2. The molecule has 4 aromatic carbocycles. The summed E-state index contributed by atoms with van der Waals surface area (Å²) in [4.78, 5) is 1.53. The first-order valence-corrected chi connectivity index (χ1v) is 11.3. The summed E-state index contributed by atoms with van der Waals surface area (Å²) >= 11 is 0. The molecular weight excluding hydrogens is 452 g/mol. The summed E-state index contributed by atoms with van der Waals surface area (Å²) in [5.74, 6) is 0.651. The average molecular weight is 474 g/mol. The van der Waals surface area contributed by atoms with Gasteiger partial charge >= 0.3 is 5.95 Å². The zero-order valence-corrected chi connectivity index (χ0v) is 19.1. The van der Waals surface area contributed by atoms with Crippen LogP contribution in [-0.4, -0.2) is 21.1 Å². The molecule has 0 radical (unpaired) electrons. The number of azo groups is 1. The Hall–Kier alpha value is -5.22. The number of hydrazone groups is 1. The lowest BCUT2D eigenvalue weighted by atomic mass is 10.3. The molecule has 10 nitrogen and oxygen atoms in total. The lowest BCUT2D eigenvalue weighted by Crippen LogP contribution is -2.43. The van der Waals surface area contributed by atoms with E-state index in [1.54, 1.807) is 14.8 Å². The van der Waals surface area contributed by atoms with Crippen LogP contribution in [0.2, 0.25) is 0 Å². The van der Waals surface area contributed by atoms with Crippen molar-refractivity contribution in [2.24, 2.45) is 15.3 Å². The van der Waals surface area contributed by atoms with Crippen molar-refractivity contribution in [3.05, 3.63) is 121 Å². The number of guanidine groups is 1. The SMILES string of the molecule is c1ccc(N2N=C(/N=N/c3nn(-c4ccccc4)n[n+]3-c3ccccc3)N(c3ccccc3)N2)cc1. The van der Waals surface area contributed by atoms with Crippen LogP contribution in [0.3, 0.4) is 0 Å². The molecule has 0 spiro atoms. The Morgan fingerprint density at radius 2 is 1.17 bits per heavy atom. The molecule has 6 rings (SSSR count). The molecule has 1 aromatic heterocycles. The molecule has 0 saturated carbocycles. The second kappa shape index (κ2) is 9.57. The van der Waals surface area contributed by atoms with Crippen molar-refractivity contribution in [2.75, 3.05) is 10.1 Å². The quantitative estimate of drug-likeness (QED) is 0.303. The van der Waals surface area contributed by atoms with Crippen LogP contribution in [0, 0.1) is 0 Å². The van der Waals surface area contributed by atoms with Gasteiger partial charge in [-0.1, -0.05) is 77.5 Å². The Morgan fingerprint density at radius 3 is 1.81 bits per heavy atom. The summed E-state index contributed by atoms with van der Waals surface area (Å²) in [5.41, 5.74) is 6.59. The highest BCUT2D eigenvalue weighted by Gasteiger charge is 2.28. The Kier molecular flexibility index (Phi) is 5.67. The maximum Gasteiger partial charge on any atom is 0.461 e. The van der Waals surface area contributed by atoms with E-state index in [2.05, 4.69) is 31.2 Å². The van der Waals surface area contributed by atoms with Crippen LogP contribution in [-0.2, 0) is 0 Å². The molecule has 0 fully saturated rings. The fourth-order valence-electron chi connectivity index (χ4n) is 3.63. The second-order valence-corrected chi connectivity index (χ2v) is 7.78. The summed E-state index contributed by atoms with van der Waals surface area (Å²) < 4.78 is 1.64. The van der Waals surface area contributed by atoms with Gasteiger partial charge in [0.2, 0.25) is 0 Å². The number of tetrazole rings is 1. The van der Waals surface area contributed by atoms with Gasteiger partial charge in [0.25, 0.3) is 5.96 Å². The molecule has 174 valence electrons.